The highest BCUT2D eigenvalue weighted by Gasteiger charge is 2.18. The molecule has 0 bridgehead atoms. The SMILES string of the molecule is Cc1cccc(N2CCCC(Br)C2)n1. The van der Waals surface area contributed by atoms with Crippen molar-refractivity contribution in [3.8, 4) is 0 Å². The summed E-state index contributed by atoms with van der Waals surface area (Å²) < 4.78 is 0. The van der Waals surface area contributed by atoms with Crippen LogP contribution >= 0.6 is 15.9 Å². The summed E-state index contributed by atoms with van der Waals surface area (Å²) >= 11 is 3.68. The highest BCUT2D eigenvalue weighted by molar-refractivity contribution is 9.09. The van der Waals surface area contributed by atoms with E-state index in [0.717, 1.165) is 24.6 Å². The zero-order valence-electron chi connectivity index (χ0n) is 8.41. The molecule has 1 saturated heterocycles. The van der Waals surface area contributed by atoms with Crippen LogP contribution in [0.15, 0.2) is 18.2 Å². The summed E-state index contributed by atoms with van der Waals surface area (Å²) in [4.78, 5) is 7.52. The minimum absolute atomic E-state index is 0.624. The second-order valence-corrected chi connectivity index (χ2v) is 5.12. The van der Waals surface area contributed by atoms with Gasteiger partial charge in [0.05, 0.1) is 0 Å². The Morgan fingerprint density at radius 3 is 3.07 bits per heavy atom. The summed E-state index contributed by atoms with van der Waals surface area (Å²) in [6.45, 7) is 4.26. The molecule has 1 atom stereocenters. The highest BCUT2D eigenvalue weighted by atomic mass is 79.9. The van der Waals surface area contributed by atoms with Crippen molar-refractivity contribution in [2.24, 2.45) is 0 Å². The van der Waals surface area contributed by atoms with Crippen molar-refractivity contribution < 1.29 is 0 Å². The molecule has 14 heavy (non-hydrogen) atoms. The van der Waals surface area contributed by atoms with Crippen LogP contribution < -0.4 is 4.90 Å². The van der Waals surface area contributed by atoms with Crippen molar-refractivity contribution in [1.29, 1.82) is 0 Å². The van der Waals surface area contributed by atoms with E-state index in [2.05, 4.69) is 37.9 Å². The highest BCUT2D eigenvalue weighted by Crippen LogP contribution is 2.21. The number of alkyl halides is 1. The Labute approximate surface area is 93.5 Å². The summed E-state index contributed by atoms with van der Waals surface area (Å²) in [6.07, 6.45) is 2.54. The third kappa shape index (κ3) is 2.27. The van der Waals surface area contributed by atoms with Gasteiger partial charge in [-0.05, 0) is 31.9 Å². The fourth-order valence-corrected chi connectivity index (χ4v) is 2.51. The van der Waals surface area contributed by atoms with Gasteiger partial charge in [-0.25, -0.2) is 4.98 Å². The second-order valence-electron chi connectivity index (χ2n) is 3.82. The molecule has 0 radical (unpaired) electrons. The van der Waals surface area contributed by atoms with Crippen LogP contribution in [0.4, 0.5) is 5.82 Å². The normalized spacial score (nSPS) is 22.4. The molecule has 1 fully saturated rings. The van der Waals surface area contributed by atoms with Gasteiger partial charge in [0.2, 0.25) is 0 Å². The summed E-state index contributed by atoms with van der Waals surface area (Å²) in [5, 5.41) is 0. The molecule has 1 aliphatic rings. The van der Waals surface area contributed by atoms with Crippen LogP contribution in [-0.4, -0.2) is 22.9 Å². The minimum atomic E-state index is 0.624. The van der Waals surface area contributed by atoms with E-state index >= 15 is 0 Å². The molecule has 0 aromatic carbocycles. The minimum Gasteiger partial charge on any atom is -0.355 e. The van der Waals surface area contributed by atoms with Gasteiger partial charge >= 0.3 is 0 Å². The molecular weight excluding hydrogens is 240 g/mol. The monoisotopic (exact) mass is 254 g/mol. The maximum Gasteiger partial charge on any atom is 0.128 e. The van der Waals surface area contributed by atoms with Crippen LogP contribution in [0.2, 0.25) is 0 Å². The molecule has 0 aliphatic carbocycles. The van der Waals surface area contributed by atoms with Gasteiger partial charge in [-0.15, -0.1) is 0 Å². The molecule has 1 aromatic heterocycles. The Hall–Kier alpha value is -0.570. The van der Waals surface area contributed by atoms with E-state index in [1.54, 1.807) is 0 Å². The van der Waals surface area contributed by atoms with E-state index in [1.165, 1.54) is 12.8 Å². The third-order valence-corrected chi connectivity index (χ3v) is 3.31. The van der Waals surface area contributed by atoms with E-state index in [0.29, 0.717) is 4.83 Å². The summed E-state index contributed by atoms with van der Waals surface area (Å²) in [5.74, 6) is 1.12. The lowest BCUT2D eigenvalue weighted by molar-refractivity contribution is 0.591. The van der Waals surface area contributed by atoms with E-state index in [4.69, 9.17) is 0 Å². The predicted octanol–water partition coefficient (Wildman–Crippen LogP) is 2.75. The van der Waals surface area contributed by atoms with Crippen molar-refractivity contribution in [3.05, 3.63) is 23.9 Å². The number of hydrogen-bond donors (Lipinski definition) is 0. The Kier molecular flexibility index (Phi) is 3.06. The number of halogens is 1. The van der Waals surface area contributed by atoms with E-state index in [9.17, 15) is 0 Å². The van der Waals surface area contributed by atoms with Crippen molar-refractivity contribution in [3.63, 3.8) is 0 Å². The first-order valence-corrected chi connectivity index (χ1v) is 6.00. The first-order chi connectivity index (χ1) is 6.75. The van der Waals surface area contributed by atoms with E-state index < -0.39 is 0 Å². The largest absolute Gasteiger partial charge is 0.355 e. The fraction of sp³-hybridized carbons (Fsp3) is 0.545. The van der Waals surface area contributed by atoms with Crippen LogP contribution in [0.25, 0.3) is 0 Å². The number of aromatic nitrogens is 1. The number of aryl methyl sites for hydroxylation is 1. The Morgan fingerprint density at radius 1 is 1.50 bits per heavy atom. The van der Waals surface area contributed by atoms with Crippen molar-refractivity contribution in [2.75, 3.05) is 18.0 Å². The van der Waals surface area contributed by atoms with Crippen molar-refractivity contribution in [1.82, 2.24) is 4.98 Å². The average molecular weight is 255 g/mol. The quantitative estimate of drug-likeness (QED) is 0.717. The Balaban J connectivity index is 2.14. The topological polar surface area (TPSA) is 16.1 Å². The van der Waals surface area contributed by atoms with Crippen LogP contribution in [0.1, 0.15) is 18.5 Å². The van der Waals surface area contributed by atoms with Gasteiger partial charge in [0.1, 0.15) is 5.82 Å². The molecule has 0 amide bonds. The number of nitrogens with zero attached hydrogens (tertiary/aromatic N) is 2. The first kappa shape index (κ1) is 9.97. The standard InChI is InChI=1S/C11H15BrN2/c1-9-4-2-6-11(13-9)14-7-3-5-10(12)8-14/h2,4,6,10H,3,5,7-8H2,1H3. The third-order valence-electron chi connectivity index (χ3n) is 2.56. The smallest absolute Gasteiger partial charge is 0.128 e. The van der Waals surface area contributed by atoms with Crippen LogP contribution in [0.5, 0.6) is 0 Å². The number of rotatable bonds is 1. The van der Waals surface area contributed by atoms with E-state index in [1.807, 2.05) is 13.0 Å². The molecule has 0 N–H and O–H groups in total. The number of pyridine rings is 1. The molecule has 76 valence electrons. The lowest BCUT2D eigenvalue weighted by Crippen LogP contribution is -2.36. The molecule has 2 nitrogen and oxygen atoms in total. The van der Waals surface area contributed by atoms with Crippen molar-refractivity contribution in [2.45, 2.75) is 24.6 Å². The summed E-state index contributed by atoms with van der Waals surface area (Å²) in [6, 6.07) is 6.21. The Bertz CT molecular complexity index is 314. The van der Waals surface area contributed by atoms with Crippen LogP contribution in [-0.2, 0) is 0 Å². The average Bonchev–Trinajstić information content (AvgIpc) is 2.18. The number of piperidine rings is 1. The zero-order chi connectivity index (χ0) is 9.97. The molecule has 0 spiro atoms. The Morgan fingerprint density at radius 2 is 2.36 bits per heavy atom. The van der Waals surface area contributed by atoms with Gasteiger partial charge in [-0.2, -0.15) is 0 Å². The zero-order valence-corrected chi connectivity index (χ0v) is 10.00. The molecule has 1 unspecified atom stereocenters. The molecule has 2 rings (SSSR count). The number of hydrogen-bond acceptors (Lipinski definition) is 2. The van der Waals surface area contributed by atoms with Gasteiger partial charge in [0.25, 0.3) is 0 Å². The maximum atomic E-state index is 4.54. The predicted molar refractivity (Wildman–Crippen MR) is 63.1 cm³/mol. The molecule has 0 saturated carbocycles. The van der Waals surface area contributed by atoms with Gasteiger partial charge in [-0.3, -0.25) is 0 Å². The molecule has 2 heterocycles. The number of anilines is 1. The fourth-order valence-electron chi connectivity index (χ4n) is 1.84. The van der Waals surface area contributed by atoms with Gasteiger partial charge < -0.3 is 4.90 Å². The van der Waals surface area contributed by atoms with Crippen molar-refractivity contribution >= 4 is 21.7 Å². The van der Waals surface area contributed by atoms with E-state index in [-0.39, 0.29) is 0 Å². The molecule has 3 heteroatoms. The first-order valence-electron chi connectivity index (χ1n) is 5.08. The summed E-state index contributed by atoms with van der Waals surface area (Å²) in [7, 11) is 0. The van der Waals surface area contributed by atoms with Gasteiger partial charge in [0, 0.05) is 23.6 Å². The lowest BCUT2D eigenvalue weighted by Gasteiger charge is -2.31. The van der Waals surface area contributed by atoms with Crippen LogP contribution in [0.3, 0.4) is 0 Å². The molecule has 1 aliphatic heterocycles. The second kappa shape index (κ2) is 4.30. The molecule has 1 aromatic rings. The van der Waals surface area contributed by atoms with Gasteiger partial charge in [0.15, 0.2) is 0 Å². The van der Waals surface area contributed by atoms with Crippen LogP contribution in [0, 0.1) is 6.92 Å². The summed E-state index contributed by atoms with van der Waals surface area (Å²) in [5.41, 5.74) is 1.10. The molecular formula is C11H15BrN2. The van der Waals surface area contributed by atoms with Gasteiger partial charge in [-0.1, -0.05) is 22.0 Å². The maximum absolute atomic E-state index is 4.54. The lowest BCUT2D eigenvalue weighted by atomic mass is 10.1.